The van der Waals surface area contributed by atoms with Gasteiger partial charge in [0, 0.05) is 11.6 Å². The van der Waals surface area contributed by atoms with Crippen molar-refractivity contribution in [2.24, 2.45) is 11.8 Å². The number of nitrogens with one attached hydrogen (secondary N) is 1. The smallest absolute Gasteiger partial charge is 0.258 e. The Bertz CT molecular complexity index is 655. The third-order valence-electron chi connectivity index (χ3n) is 4.88. The Morgan fingerprint density at radius 3 is 2.79 bits per heavy atom. The molecular weight excluding hydrogens is 306 g/mol. The van der Waals surface area contributed by atoms with Crippen LogP contribution in [0.5, 0.6) is 5.75 Å². The van der Waals surface area contributed by atoms with Crippen LogP contribution in [0.2, 0.25) is 0 Å². The van der Waals surface area contributed by atoms with Crippen LogP contribution in [0, 0.1) is 11.8 Å². The van der Waals surface area contributed by atoms with E-state index in [0.717, 1.165) is 12.0 Å². The molecule has 2 aromatic rings. The van der Waals surface area contributed by atoms with E-state index in [4.69, 9.17) is 9.15 Å². The van der Waals surface area contributed by atoms with Crippen molar-refractivity contribution in [3.8, 4) is 17.2 Å². The zero-order chi connectivity index (χ0) is 16.9. The average molecular weight is 329 g/mol. The molecule has 24 heavy (non-hydrogen) atoms. The Labute approximate surface area is 141 Å². The lowest BCUT2D eigenvalue weighted by Crippen LogP contribution is -2.45. The van der Waals surface area contributed by atoms with Gasteiger partial charge in [0.2, 0.25) is 12.3 Å². The molecule has 128 valence electrons. The third kappa shape index (κ3) is 3.93. The molecule has 0 aliphatic heterocycles. The van der Waals surface area contributed by atoms with E-state index in [1.807, 2.05) is 12.1 Å². The zero-order valence-electron chi connectivity index (χ0n) is 14.1. The molecule has 1 saturated carbocycles. The van der Waals surface area contributed by atoms with Crippen LogP contribution in [0.1, 0.15) is 33.1 Å². The second kappa shape index (κ2) is 7.47. The number of nitrogens with zero attached hydrogens (tertiary/aromatic N) is 2. The fraction of sp³-hybridized carbons (Fsp3) is 0.500. The Morgan fingerprint density at radius 2 is 2.08 bits per heavy atom. The van der Waals surface area contributed by atoms with E-state index in [-0.39, 0.29) is 18.6 Å². The summed E-state index contributed by atoms with van der Waals surface area (Å²) in [7, 11) is 0. The fourth-order valence-corrected chi connectivity index (χ4v) is 3.18. The highest BCUT2D eigenvalue weighted by molar-refractivity contribution is 5.77. The number of rotatable bonds is 5. The van der Waals surface area contributed by atoms with E-state index in [0.29, 0.717) is 23.5 Å². The summed E-state index contributed by atoms with van der Waals surface area (Å²) in [4.78, 5) is 12.1. The molecule has 1 aromatic carbocycles. The third-order valence-corrected chi connectivity index (χ3v) is 4.88. The van der Waals surface area contributed by atoms with Crippen LogP contribution in [0.3, 0.4) is 0 Å². The second-order valence-corrected chi connectivity index (χ2v) is 6.50. The van der Waals surface area contributed by atoms with Crippen molar-refractivity contribution in [2.75, 3.05) is 6.61 Å². The van der Waals surface area contributed by atoms with Crippen molar-refractivity contribution in [3.63, 3.8) is 0 Å². The summed E-state index contributed by atoms with van der Waals surface area (Å²) < 4.78 is 10.7. The van der Waals surface area contributed by atoms with E-state index in [1.54, 1.807) is 12.1 Å². The molecular formula is C18H23N3O3. The summed E-state index contributed by atoms with van der Waals surface area (Å²) in [5.41, 5.74) is 0.814. The number of ether oxygens (including phenoxy) is 1. The van der Waals surface area contributed by atoms with Gasteiger partial charge in [-0.05, 0) is 42.5 Å². The molecule has 1 amide bonds. The van der Waals surface area contributed by atoms with Gasteiger partial charge < -0.3 is 14.5 Å². The maximum atomic E-state index is 12.1. The topological polar surface area (TPSA) is 77.2 Å². The minimum Gasteiger partial charge on any atom is -0.484 e. The fourth-order valence-electron chi connectivity index (χ4n) is 3.18. The van der Waals surface area contributed by atoms with Crippen LogP contribution in [0.4, 0.5) is 0 Å². The molecule has 6 heteroatoms. The predicted molar refractivity (Wildman–Crippen MR) is 89.3 cm³/mol. The van der Waals surface area contributed by atoms with Crippen LogP contribution in [0.25, 0.3) is 11.5 Å². The summed E-state index contributed by atoms with van der Waals surface area (Å²) >= 11 is 0. The first-order valence-electron chi connectivity index (χ1n) is 8.42. The number of hydrogen-bond acceptors (Lipinski definition) is 5. The lowest BCUT2D eigenvalue weighted by Gasteiger charge is -2.34. The molecule has 0 radical (unpaired) electrons. The highest BCUT2D eigenvalue weighted by Gasteiger charge is 2.28. The lowest BCUT2D eigenvalue weighted by molar-refractivity contribution is -0.124. The van der Waals surface area contributed by atoms with Gasteiger partial charge in [-0.1, -0.05) is 26.7 Å². The predicted octanol–water partition coefficient (Wildman–Crippen LogP) is 3.06. The molecule has 1 aliphatic carbocycles. The second-order valence-electron chi connectivity index (χ2n) is 6.50. The number of benzene rings is 1. The van der Waals surface area contributed by atoms with Gasteiger partial charge in [-0.3, -0.25) is 4.79 Å². The van der Waals surface area contributed by atoms with E-state index >= 15 is 0 Å². The van der Waals surface area contributed by atoms with Crippen molar-refractivity contribution in [1.82, 2.24) is 15.5 Å². The Hall–Kier alpha value is -2.37. The Balaban J connectivity index is 1.49. The number of amides is 1. The van der Waals surface area contributed by atoms with E-state index in [9.17, 15) is 4.79 Å². The number of aromatic nitrogens is 2. The Morgan fingerprint density at radius 1 is 1.29 bits per heavy atom. The van der Waals surface area contributed by atoms with Crippen LogP contribution in [-0.2, 0) is 4.79 Å². The monoisotopic (exact) mass is 329 g/mol. The molecule has 0 unspecified atom stereocenters. The highest BCUT2D eigenvalue weighted by Crippen LogP contribution is 2.29. The van der Waals surface area contributed by atoms with Crippen LogP contribution in [-0.4, -0.2) is 28.8 Å². The Kier molecular flexibility index (Phi) is 5.13. The van der Waals surface area contributed by atoms with Gasteiger partial charge >= 0.3 is 0 Å². The lowest BCUT2D eigenvalue weighted by atomic mass is 9.78. The summed E-state index contributed by atoms with van der Waals surface area (Å²) in [6.45, 7) is 4.49. The molecule has 3 rings (SSSR count). The zero-order valence-corrected chi connectivity index (χ0v) is 14.1. The molecule has 3 atom stereocenters. The quantitative estimate of drug-likeness (QED) is 0.912. The van der Waals surface area contributed by atoms with Crippen LogP contribution in [0.15, 0.2) is 35.1 Å². The standard InChI is InChI=1S/C18H23N3O3/c1-12-4-3-5-16(13(12)2)20-17(22)10-23-15-8-6-14(7-9-15)18-21-19-11-24-18/h6-9,11-13,16H,3-5,10H2,1-2H3,(H,20,22)/t12-,13+,16+/m0/s1. The number of hydrogen-bond donors (Lipinski definition) is 1. The molecule has 1 fully saturated rings. The summed E-state index contributed by atoms with van der Waals surface area (Å²) in [6.07, 6.45) is 4.76. The first-order chi connectivity index (χ1) is 11.6. The first kappa shape index (κ1) is 16.5. The van der Waals surface area contributed by atoms with Gasteiger partial charge in [-0.15, -0.1) is 10.2 Å². The summed E-state index contributed by atoms with van der Waals surface area (Å²) in [5.74, 6) is 2.19. The van der Waals surface area contributed by atoms with Gasteiger partial charge in [-0.2, -0.15) is 0 Å². The molecule has 0 bridgehead atoms. The van der Waals surface area contributed by atoms with Gasteiger partial charge in [0.15, 0.2) is 6.61 Å². The van der Waals surface area contributed by atoms with Gasteiger partial charge in [0.25, 0.3) is 5.91 Å². The maximum Gasteiger partial charge on any atom is 0.258 e. The van der Waals surface area contributed by atoms with Crippen molar-refractivity contribution in [1.29, 1.82) is 0 Å². The maximum absolute atomic E-state index is 12.1. The van der Waals surface area contributed by atoms with Crippen LogP contribution < -0.4 is 10.1 Å². The highest BCUT2D eigenvalue weighted by atomic mass is 16.5. The largest absolute Gasteiger partial charge is 0.484 e. The average Bonchev–Trinajstić information content (AvgIpc) is 3.12. The van der Waals surface area contributed by atoms with Gasteiger partial charge in [0.1, 0.15) is 5.75 Å². The summed E-state index contributed by atoms with van der Waals surface area (Å²) in [6, 6.07) is 7.48. The first-order valence-corrected chi connectivity index (χ1v) is 8.42. The van der Waals surface area contributed by atoms with Gasteiger partial charge in [0.05, 0.1) is 0 Å². The number of carbonyl (C=O) groups is 1. The van der Waals surface area contributed by atoms with Crippen molar-refractivity contribution < 1.29 is 13.9 Å². The molecule has 1 heterocycles. The molecule has 0 saturated heterocycles. The minimum absolute atomic E-state index is 0.0253. The van der Waals surface area contributed by atoms with Gasteiger partial charge in [-0.25, -0.2) is 0 Å². The molecule has 1 N–H and O–H groups in total. The van der Waals surface area contributed by atoms with Crippen molar-refractivity contribution in [3.05, 3.63) is 30.7 Å². The molecule has 1 aromatic heterocycles. The van der Waals surface area contributed by atoms with E-state index in [2.05, 4.69) is 29.4 Å². The summed E-state index contributed by atoms with van der Waals surface area (Å²) in [5, 5.41) is 10.6. The molecule has 6 nitrogen and oxygen atoms in total. The minimum atomic E-state index is -0.0677. The van der Waals surface area contributed by atoms with Crippen molar-refractivity contribution >= 4 is 5.91 Å². The SMILES string of the molecule is C[C@@H]1[C@@H](C)CCC[C@H]1NC(=O)COc1ccc(-c2nnco2)cc1. The van der Waals surface area contributed by atoms with Crippen LogP contribution >= 0.6 is 0 Å². The van der Waals surface area contributed by atoms with Crippen molar-refractivity contribution in [2.45, 2.75) is 39.2 Å². The normalized spacial score (nSPS) is 23.7. The van der Waals surface area contributed by atoms with E-state index < -0.39 is 0 Å². The van der Waals surface area contributed by atoms with E-state index in [1.165, 1.54) is 19.2 Å². The molecule has 0 spiro atoms. The number of carbonyl (C=O) groups excluding carboxylic acids is 1. The molecule has 1 aliphatic rings.